The second-order valence-electron chi connectivity index (χ2n) is 6.32. The summed E-state index contributed by atoms with van der Waals surface area (Å²) in [5.41, 5.74) is -0.00236. The van der Waals surface area contributed by atoms with Crippen LogP contribution in [0.4, 0.5) is 0 Å². The third-order valence-corrected chi connectivity index (χ3v) is 5.72. The molecule has 0 aliphatic carbocycles. The molecule has 0 bridgehead atoms. The van der Waals surface area contributed by atoms with Crippen LogP contribution in [-0.2, 0) is 20.7 Å². The lowest BCUT2D eigenvalue weighted by atomic mass is 9.73. The number of piperidine rings is 1. The van der Waals surface area contributed by atoms with Crippen LogP contribution >= 0.6 is 11.3 Å². The highest BCUT2D eigenvalue weighted by Gasteiger charge is 2.47. The summed E-state index contributed by atoms with van der Waals surface area (Å²) in [7, 11) is 0. The predicted molar refractivity (Wildman–Crippen MR) is 87.1 cm³/mol. The monoisotopic (exact) mass is 323 g/mol. The van der Waals surface area contributed by atoms with Crippen LogP contribution < -0.4 is 0 Å². The van der Waals surface area contributed by atoms with Gasteiger partial charge in [-0.1, -0.05) is 6.07 Å². The van der Waals surface area contributed by atoms with Gasteiger partial charge in [-0.25, -0.2) is 0 Å². The van der Waals surface area contributed by atoms with Gasteiger partial charge < -0.3 is 14.4 Å². The van der Waals surface area contributed by atoms with Gasteiger partial charge in [0, 0.05) is 36.6 Å². The van der Waals surface area contributed by atoms with E-state index in [9.17, 15) is 4.79 Å². The second-order valence-corrected chi connectivity index (χ2v) is 7.35. The number of thiophene rings is 1. The first-order chi connectivity index (χ1) is 10.7. The average molecular weight is 323 g/mol. The molecule has 1 amide bonds. The van der Waals surface area contributed by atoms with Crippen molar-refractivity contribution in [3.05, 3.63) is 22.4 Å². The minimum Gasteiger partial charge on any atom is -0.381 e. The first-order valence-corrected chi connectivity index (χ1v) is 9.11. The van der Waals surface area contributed by atoms with Crippen molar-refractivity contribution in [2.45, 2.75) is 38.7 Å². The molecule has 5 heteroatoms. The maximum atomic E-state index is 12.6. The molecule has 2 atom stereocenters. The van der Waals surface area contributed by atoms with Crippen molar-refractivity contribution in [2.75, 3.05) is 32.9 Å². The van der Waals surface area contributed by atoms with Gasteiger partial charge in [-0.2, -0.15) is 0 Å². The Kier molecular flexibility index (Phi) is 5.16. The zero-order valence-corrected chi connectivity index (χ0v) is 14.1. The fourth-order valence-corrected chi connectivity index (χ4v) is 4.39. The lowest BCUT2D eigenvalue weighted by Crippen LogP contribution is -2.58. The molecule has 0 aromatic carbocycles. The highest BCUT2D eigenvalue weighted by atomic mass is 32.1. The van der Waals surface area contributed by atoms with Crippen LogP contribution in [0.15, 0.2) is 17.5 Å². The zero-order chi connectivity index (χ0) is 15.4. The maximum Gasteiger partial charge on any atom is 0.227 e. The molecule has 0 saturated carbocycles. The predicted octanol–water partition coefficient (Wildman–Crippen LogP) is 2.72. The molecule has 0 radical (unpaired) electrons. The van der Waals surface area contributed by atoms with Crippen LogP contribution in [0.2, 0.25) is 0 Å². The highest BCUT2D eigenvalue weighted by molar-refractivity contribution is 7.10. The van der Waals surface area contributed by atoms with Gasteiger partial charge in [-0.05, 0) is 37.6 Å². The van der Waals surface area contributed by atoms with E-state index in [2.05, 4.69) is 0 Å². The molecular weight excluding hydrogens is 298 g/mol. The number of hydrogen-bond donors (Lipinski definition) is 0. The summed E-state index contributed by atoms with van der Waals surface area (Å²) in [6.45, 7) is 5.89. The van der Waals surface area contributed by atoms with Gasteiger partial charge in [-0.15, -0.1) is 11.3 Å². The molecule has 2 aliphatic rings. The first-order valence-electron chi connectivity index (χ1n) is 8.23. The van der Waals surface area contributed by atoms with Crippen LogP contribution in [0.25, 0.3) is 0 Å². The second kappa shape index (κ2) is 7.11. The molecule has 0 unspecified atom stereocenters. The topological polar surface area (TPSA) is 38.8 Å². The van der Waals surface area contributed by atoms with E-state index < -0.39 is 0 Å². The lowest BCUT2D eigenvalue weighted by Gasteiger charge is -2.50. The Morgan fingerprint density at radius 3 is 3.27 bits per heavy atom. The van der Waals surface area contributed by atoms with E-state index in [4.69, 9.17) is 9.47 Å². The standard InChI is InChI=1S/C17H25NO3S/c1-2-20-13-17-7-4-9-21-15(17)6-8-18(12-17)16(19)11-14-5-3-10-22-14/h3,5,10,15H,2,4,6-9,11-13H2,1H3/t15-,17-/m1/s1. The summed E-state index contributed by atoms with van der Waals surface area (Å²) in [6, 6.07) is 4.04. The van der Waals surface area contributed by atoms with Gasteiger partial charge in [0.15, 0.2) is 0 Å². The number of carbonyl (C=O) groups is 1. The van der Waals surface area contributed by atoms with E-state index in [-0.39, 0.29) is 17.4 Å². The Morgan fingerprint density at radius 2 is 2.50 bits per heavy atom. The first kappa shape index (κ1) is 16.0. The molecule has 2 fully saturated rings. The molecule has 122 valence electrons. The molecule has 0 N–H and O–H groups in total. The Hall–Kier alpha value is -0.910. The number of amides is 1. The molecule has 3 heterocycles. The van der Waals surface area contributed by atoms with E-state index in [1.807, 2.05) is 29.3 Å². The Labute approximate surface area is 136 Å². The number of nitrogens with zero attached hydrogens (tertiary/aromatic N) is 1. The Balaban J connectivity index is 1.68. The highest BCUT2D eigenvalue weighted by Crippen LogP contribution is 2.40. The number of hydrogen-bond acceptors (Lipinski definition) is 4. The summed E-state index contributed by atoms with van der Waals surface area (Å²) in [6.07, 6.45) is 3.87. The summed E-state index contributed by atoms with van der Waals surface area (Å²) >= 11 is 1.65. The normalized spacial score (nSPS) is 28.4. The van der Waals surface area contributed by atoms with Crippen molar-refractivity contribution < 1.29 is 14.3 Å². The van der Waals surface area contributed by atoms with Crippen molar-refractivity contribution in [2.24, 2.45) is 5.41 Å². The van der Waals surface area contributed by atoms with Crippen LogP contribution in [0, 0.1) is 5.41 Å². The smallest absolute Gasteiger partial charge is 0.227 e. The largest absolute Gasteiger partial charge is 0.381 e. The summed E-state index contributed by atoms with van der Waals surface area (Å²) in [5, 5.41) is 2.03. The van der Waals surface area contributed by atoms with Crippen molar-refractivity contribution in [3.63, 3.8) is 0 Å². The van der Waals surface area contributed by atoms with Gasteiger partial charge in [-0.3, -0.25) is 4.79 Å². The molecule has 3 rings (SSSR count). The number of likely N-dealkylation sites (tertiary alicyclic amines) is 1. The SMILES string of the molecule is CCOC[C@]12CCCO[C@@H]1CCN(C(=O)Cc1cccs1)C2. The quantitative estimate of drug-likeness (QED) is 0.836. The average Bonchev–Trinajstić information content (AvgIpc) is 3.05. The number of ether oxygens (including phenoxy) is 2. The Bertz CT molecular complexity index is 490. The van der Waals surface area contributed by atoms with Crippen molar-refractivity contribution >= 4 is 17.2 Å². The van der Waals surface area contributed by atoms with Crippen molar-refractivity contribution in [1.29, 1.82) is 0 Å². The van der Waals surface area contributed by atoms with E-state index in [1.165, 1.54) is 0 Å². The Morgan fingerprint density at radius 1 is 1.59 bits per heavy atom. The van der Waals surface area contributed by atoms with Gasteiger partial charge in [0.05, 0.1) is 19.1 Å². The van der Waals surface area contributed by atoms with Gasteiger partial charge in [0.25, 0.3) is 0 Å². The third kappa shape index (κ3) is 3.36. The van der Waals surface area contributed by atoms with Gasteiger partial charge >= 0.3 is 0 Å². The summed E-state index contributed by atoms with van der Waals surface area (Å²) < 4.78 is 11.8. The number of rotatable bonds is 5. The van der Waals surface area contributed by atoms with Crippen molar-refractivity contribution in [1.82, 2.24) is 4.90 Å². The fraction of sp³-hybridized carbons (Fsp3) is 0.706. The van der Waals surface area contributed by atoms with Crippen LogP contribution in [0.5, 0.6) is 0 Å². The minimum absolute atomic E-state index is 0.00236. The van der Waals surface area contributed by atoms with Gasteiger partial charge in [0.1, 0.15) is 0 Å². The van der Waals surface area contributed by atoms with E-state index in [0.29, 0.717) is 13.0 Å². The lowest BCUT2D eigenvalue weighted by molar-refractivity contribution is -0.163. The maximum absolute atomic E-state index is 12.6. The molecular formula is C17H25NO3S. The van der Waals surface area contributed by atoms with Crippen LogP contribution in [0.3, 0.4) is 0 Å². The summed E-state index contributed by atoms with van der Waals surface area (Å²) in [5.74, 6) is 0.238. The third-order valence-electron chi connectivity index (χ3n) is 4.84. The molecule has 2 aliphatic heterocycles. The van der Waals surface area contributed by atoms with E-state index in [1.54, 1.807) is 11.3 Å². The molecule has 1 aromatic heterocycles. The van der Waals surface area contributed by atoms with Crippen LogP contribution in [-0.4, -0.2) is 49.8 Å². The minimum atomic E-state index is -0.00236. The molecule has 1 aromatic rings. The molecule has 22 heavy (non-hydrogen) atoms. The van der Waals surface area contributed by atoms with Crippen LogP contribution in [0.1, 0.15) is 31.1 Å². The van der Waals surface area contributed by atoms with Gasteiger partial charge in [0.2, 0.25) is 5.91 Å². The summed E-state index contributed by atoms with van der Waals surface area (Å²) in [4.78, 5) is 15.8. The zero-order valence-electron chi connectivity index (χ0n) is 13.3. The van der Waals surface area contributed by atoms with Crippen molar-refractivity contribution in [3.8, 4) is 0 Å². The molecule has 0 spiro atoms. The van der Waals surface area contributed by atoms with E-state index >= 15 is 0 Å². The molecule has 4 nitrogen and oxygen atoms in total. The molecule has 2 saturated heterocycles. The number of carbonyl (C=O) groups excluding carboxylic acids is 1. The fourth-order valence-electron chi connectivity index (χ4n) is 3.69. The van der Waals surface area contributed by atoms with E-state index in [0.717, 1.165) is 50.4 Å². The number of fused-ring (bicyclic) bond motifs is 1.